The van der Waals surface area contributed by atoms with Crippen LogP contribution in [0.15, 0.2) is 29.4 Å². The summed E-state index contributed by atoms with van der Waals surface area (Å²) >= 11 is 0. The third kappa shape index (κ3) is 6.81. The van der Waals surface area contributed by atoms with Gasteiger partial charge in [-0.1, -0.05) is 24.1 Å². The number of nitrogens with one attached hydrogen (secondary N) is 5. The summed E-state index contributed by atoms with van der Waals surface area (Å²) in [6.45, 7) is 6.04. The largest absolute Gasteiger partial charge is 0.478 e. The quantitative estimate of drug-likeness (QED) is 0.168. The van der Waals surface area contributed by atoms with E-state index in [2.05, 4.69) is 30.8 Å². The number of rotatable bonds is 13. The molecule has 0 aliphatic carbocycles. The molecule has 1 aromatic heterocycles. The van der Waals surface area contributed by atoms with Crippen LogP contribution < -0.4 is 20.8 Å². The first-order chi connectivity index (χ1) is 17.0. The highest BCUT2D eigenvalue weighted by Crippen LogP contribution is 2.25. The van der Waals surface area contributed by atoms with Crippen molar-refractivity contribution < 1.29 is 28.0 Å². The Morgan fingerprint density at radius 3 is 2.50 bits per heavy atom. The molecule has 0 saturated carbocycles. The van der Waals surface area contributed by atoms with E-state index in [1.54, 1.807) is 38.4 Å². The summed E-state index contributed by atoms with van der Waals surface area (Å²) < 4.78 is 29.3. The van der Waals surface area contributed by atoms with Gasteiger partial charge >= 0.3 is 5.97 Å². The second kappa shape index (κ2) is 11.8. The molecule has 3 rings (SSSR count). The van der Waals surface area contributed by atoms with Crippen molar-refractivity contribution in [3.05, 3.63) is 41.2 Å². The van der Waals surface area contributed by atoms with E-state index < -0.39 is 33.6 Å². The normalized spacial score (nSPS) is 17.5. The number of amides is 1. The second-order valence-electron chi connectivity index (χ2n) is 9.02. The number of H-pyrrole nitrogens is 1. The molecule has 1 fully saturated rings. The molecule has 36 heavy (non-hydrogen) atoms. The summed E-state index contributed by atoms with van der Waals surface area (Å²) in [6.07, 6.45) is 5.13. The topological polar surface area (TPSA) is 175 Å². The van der Waals surface area contributed by atoms with E-state index in [-0.39, 0.29) is 17.9 Å². The molecule has 0 radical (unpaired) electrons. The number of carboxylic acids is 1. The van der Waals surface area contributed by atoms with Crippen LogP contribution in [0.4, 0.5) is 5.95 Å². The Kier molecular flexibility index (Phi) is 9.06. The maximum atomic E-state index is 13.5. The number of aryl methyl sites for hydroxylation is 3. The van der Waals surface area contributed by atoms with Gasteiger partial charge in [-0.05, 0) is 57.6 Å². The third-order valence-corrected chi connectivity index (χ3v) is 7.75. The monoisotopic (exact) mass is 522 g/mol. The number of aromatic amines is 1. The molecule has 0 spiro atoms. The number of nitrogens with zero attached hydrogens (tertiary/aromatic N) is 1. The lowest BCUT2D eigenvalue weighted by molar-refractivity contribution is -0.149. The maximum Gasteiger partial charge on any atom is 0.345 e. The zero-order valence-electron chi connectivity index (χ0n) is 20.7. The van der Waals surface area contributed by atoms with Crippen LogP contribution in [0.25, 0.3) is 0 Å². The Labute approximate surface area is 210 Å². The molecular formula is C23H34N6O6S. The van der Waals surface area contributed by atoms with E-state index in [0.717, 1.165) is 5.56 Å². The standard InChI is InChI=1S/C23H34N6O6S/c1-15-13-16(2)19(17(3)14-15)36(33,34)29-23(21(31)32,27-20(30)18-7-12-35-28-18)8-5-4-6-9-24-22-25-10-11-26-22/h10-11,13-14,18,28-29H,4-9,12H2,1-3H3,(H,27,30)(H,31,32)(H2,24,25,26). The van der Waals surface area contributed by atoms with Crippen LogP contribution in [0.1, 0.15) is 48.8 Å². The number of carboxylic acid groups (broad SMARTS) is 1. The van der Waals surface area contributed by atoms with Gasteiger partial charge in [0.25, 0.3) is 0 Å². The Hall–Kier alpha value is -3.00. The molecule has 1 aromatic carbocycles. The van der Waals surface area contributed by atoms with E-state index >= 15 is 0 Å². The molecule has 2 aromatic rings. The first-order valence-corrected chi connectivity index (χ1v) is 13.3. The molecule has 2 atom stereocenters. The molecule has 2 heterocycles. The number of aromatic nitrogens is 2. The Balaban J connectivity index is 1.79. The van der Waals surface area contributed by atoms with Crippen molar-refractivity contribution in [1.29, 1.82) is 0 Å². The predicted octanol–water partition coefficient (Wildman–Crippen LogP) is 1.48. The van der Waals surface area contributed by atoms with Gasteiger partial charge in [-0.25, -0.2) is 18.2 Å². The van der Waals surface area contributed by atoms with Gasteiger partial charge in [-0.2, -0.15) is 10.2 Å². The smallest absolute Gasteiger partial charge is 0.345 e. The zero-order chi connectivity index (χ0) is 26.3. The molecule has 1 saturated heterocycles. The van der Waals surface area contributed by atoms with Crippen molar-refractivity contribution >= 4 is 27.8 Å². The van der Waals surface area contributed by atoms with Gasteiger partial charge in [-0.3, -0.25) is 4.79 Å². The number of hydroxylamine groups is 1. The fourth-order valence-corrected chi connectivity index (χ4v) is 6.12. The van der Waals surface area contributed by atoms with Crippen molar-refractivity contribution in [3.8, 4) is 0 Å². The highest BCUT2D eigenvalue weighted by Gasteiger charge is 2.45. The number of hydrogen-bond donors (Lipinski definition) is 6. The van der Waals surface area contributed by atoms with E-state index in [1.807, 2.05) is 6.92 Å². The van der Waals surface area contributed by atoms with Crippen LogP contribution in [0.2, 0.25) is 0 Å². The molecule has 1 amide bonds. The van der Waals surface area contributed by atoms with Gasteiger partial charge in [0.05, 0.1) is 11.5 Å². The van der Waals surface area contributed by atoms with Gasteiger partial charge in [0.2, 0.25) is 21.6 Å². The number of imidazole rings is 1. The first kappa shape index (κ1) is 27.6. The Morgan fingerprint density at radius 1 is 1.19 bits per heavy atom. The fourth-order valence-electron chi connectivity index (χ4n) is 4.35. The number of sulfonamides is 1. The third-order valence-electron chi connectivity index (χ3n) is 5.95. The number of carbonyl (C=O) groups excluding carboxylic acids is 1. The lowest BCUT2D eigenvalue weighted by atomic mass is 10.0. The molecule has 0 bridgehead atoms. The summed E-state index contributed by atoms with van der Waals surface area (Å²) in [5.74, 6) is -1.52. The number of hydrogen-bond acceptors (Lipinski definition) is 8. The predicted molar refractivity (Wildman–Crippen MR) is 133 cm³/mol. The van der Waals surface area contributed by atoms with Crippen molar-refractivity contribution in [2.45, 2.75) is 69.5 Å². The van der Waals surface area contributed by atoms with Gasteiger partial charge in [0.15, 0.2) is 5.95 Å². The van der Waals surface area contributed by atoms with Crippen LogP contribution in [0.5, 0.6) is 0 Å². The van der Waals surface area contributed by atoms with Crippen LogP contribution in [0.3, 0.4) is 0 Å². The average Bonchev–Trinajstić information content (AvgIpc) is 3.48. The van der Waals surface area contributed by atoms with Crippen molar-refractivity contribution in [2.24, 2.45) is 0 Å². The van der Waals surface area contributed by atoms with E-state index in [9.17, 15) is 23.1 Å². The molecule has 2 unspecified atom stereocenters. The van der Waals surface area contributed by atoms with Gasteiger partial charge in [-0.15, -0.1) is 0 Å². The first-order valence-electron chi connectivity index (χ1n) is 11.8. The highest BCUT2D eigenvalue weighted by atomic mass is 32.2. The SMILES string of the molecule is Cc1cc(C)c(S(=O)(=O)NC(CCCCCNc2ncc[nH]2)(NC(=O)C2CCON2)C(=O)O)c(C)c1. The number of carbonyl (C=O) groups is 2. The maximum absolute atomic E-state index is 13.5. The van der Waals surface area contributed by atoms with E-state index in [0.29, 0.717) is 49.3 Å². The summed E-state index contributed by atoms with van der Waals surface area (Å²) in [4.78, 5) is 37.4. The summed E-state index contributed by atoms with van der Waals surface area (Å²) in [5.41, 5.74) is 2.16. The highest BCUT2D eigenvalue weighted by molar-refractivity contribution is 7.89. The van der Waals surface area contributed by atoms with Crippen molar-refractivity contribution in [3.63, 3.8) is 0 Å². The summed E-state index contributed by atoms with van der Waals surface area (Å²) in [5, 5.41) is 15.8. The van der Waals surface area contributed by atoms with E-state index in [1.165, 1.54) is 0 Å². The van der Waals surface area contributed by atoms with Crippen LogP contribution in [0, 0.1) is 20.8 Å². The number of unbranched alkanes of at least 4 members (excludes halogenated alkanes) is 2. The summed E-state index contributed by atoms with van der Waals surface area (Å²) in [7, 11) is -4.31. The molecule has 13 heteroatoms. The minimum atomic E-state index is -4.31. The number of anilines is 1. The minimum absolute atomic E-state index is 0.00190. The molecule has 198 valence electrons. The minimum Gasteiger partial charge on any atom is -0.478 e. The molecular weight excluding hydrogens is 488 g/mol. The molecule has 1 aliphatic heterocycles. The lowest BCUT2D eigenvalue weighted by Gasteiger charge is -2.32. The molecule has 1 aliphatic rings. The zero-order valence-corrected chi connectivity index (χ0v) is 21.5. The number of benzene rings is 1. The lowest BCUT2D eigenvalue weighted by Crippen LogP contribution is -2.67. The summed E-state index contributed by atoms with van der Waals surface area (Å²) in [6, 6.07) is 2.65. The average molecular weight is 523 g/mol. The number of aliphatic carboxylic acids is 1. The van der Waals surface area contributed by atoms with Crippen LogP contribution in [-0.4, -0.2) is 60.2 Å². The second-order valence-corrected chi connectivity index (χ2v) is 10.6. The molecule has 12 nitrogen and oxygen atoms in total. The van der Waals surface area contributed by atoms with Gasteiger partial charge in [0.1, 0.15) is 6.04 Å². The van der Waals surface area contributed by atoms with Crippen molar-refractivity contribution in [1.82, 2.24) is 25.5 Å². The Bertz CT molecular complexity index is 1140. The van der Waals surface area contributed by atoms with Gasteiger partial charge < -0.3 is 25.6 Å². The fraction of sp³-hybridized carbons (Fsp3) is 0.522. The van der Waals surface area contributed by atoms with Gasteiger partial charge in [0, 0.05) is 18.9 Å². The molecule has 6 N–H and O–H groups in total. The van der Waals surface area contributed by atoms with Crippen LogP contribution in [-0.2, 0) is 24.4 Å². The van der Waals surface area contributed by atoms with Crippen LogP contribution >= 0.6 is 0 Å². The van der Waals surface area contributed by atoms with E-state index in [4.69, 9.17) is 4.84 Å². The Morgan fingerprint density at radius 2 is 1.92 bits per heavy atom. The van der Waals surface area contributed by atoms with Crippen molar-refractivity contribution in [2.75, 3.05) is 18.5 Å².